The zero-order chi connectivity index (χ0) is 15.3. The van der Waals surface area contributed by atoms with Crippen molar-refractivity contribution >= 4 is 5.91 Å². The van der Waals surface area contributed by atoms with Gasteiger partial charge in [0.15, 0.2) is 0 Å². The molecule has 1 aromatic rings. The van der Waals surface area contributed by atoms with Gasteiger partial charge in [0.05, 0.1) is 12.2 Å². The van der Waals surface area contributed by atoms with Crippen LogP contribution in [0.2, 0.25) is 0 Å². The molecule has 0 bridgehead atoms. The molecule has 21 heavy (non-hydrogen) atoms. The van der Waals surface area contributed by atoms with E-state index in [1.54, 1.807) is 17.0 Å². The second-order valence-electron chi connectivity index (χ2n) is 5.65. The molecule has 1 aromatic carbocycles. The molecule has 2 rings (SSSR count). The molecule has 1 heterocycles. The Morgan fingerprint density at radius 2 is 2.10 bits per heavy atom. The fourth-order valence-electron chi connectivity index (χ4n) is 2.32. The zero-order valence-electron chi connectivity index (χ0n) is 12.3. The number of hydrogen-bond donors (Lipinski definition) is 2. The topological polar surface area (TPSA) is 60.8 Å². The van der Waals surface area contributed by atoms with E-state index in [-0.39, 0.29) is 12.5 Å². The summed E-state index contributed by atoms with van der Waals surface area (Å²) in [5.74, 6) is 5.77. The molecule has 0 radical (unpaired) electrons. The van der Waals surface area contributed by atoms with Gasteiger partial charge in [-0.3, -0.25) is 4.79 Å². The molecular formula is C17H21NO3. The zero-order valence-corrected chi connectivity index (χ0v) is 12.3. The lowest BCUT2D eigenvalue weighted by Crippen LogP contribution is -2.45. The standard InChI is InChI=1S/C17H21NO3/c1-17(21)8-10-18(11-9-17)16(20)15-7-4-6-14(13-15)5-2-3-12-19/h4,6-7,13,19,21H,3,8-12H2,1H3. The van der Waals surface area contributed by atoms with Crippen molar-refractivity contribution < 1.29 is 15.0 Å². The van der Waals surface area contributed by atoms with E-state index >= 15 is 0 Å². The highest BCUT2D eigenvalue weighted by molar-refractivity contribution is 5.94. The third-order valence-electron chi connectivity index (χ3n) is 3.71. The molecule has 1 aliphatic rings. The highest BCUT2D eigenvalue weighted by Crippen LogP contribution is 2.22. The molecule has 1 aliphatic heterocycles. The number of rotatable bonds is 2. The van der Waals surface area contributed by atoms with Crippen LogP contribution in [0, 0.1) is 11.8 Å². The van der Waals surface area contributed by atoms with Crippen LogP contribution in [0.15, 0.2) is 24.3 Å². The lowest BCUT2D eigenvalue weighted by atomic mass is 9.93. The predicted molar refractivity (Wildman–Crippen MR) is 80.8 cm³/mol. The van der Waals surface area contributed by atoms with E-state index in [1.807, 2.05) is 19.1 Å². The third-order valence-corrected chi connectivity index (χ3v) is 3.71. The first-order chi connectivity index (χ1) is 10.0. The van der Waals surface area contributed by atoms with Gasteiger partial charge in [0.2, 0.25) is 0 Å². The number of aliphatic hydroxyl groups excluding tert-OH is 1. The molecule has 112 valence electrons. The first-order valence-electron chi connectivity index (χ1n) is 7.23. The van der Waals surface area contributed by atoms with Crippen molar-refractivity contribution in [1.82, 2.24) is 4.90 Å². The van der Waals surface area contributed by atoms with Gasteiger partial charge in [-0.25, -0.2) is 0 Å². The number of likely N-dealkylation sites (tertiary alicyclic amines) is 1. The molecule has 1 saturated heterocycles. The van der Waals surface area contributed by atoms with Crippen LogP contribution in [-0.4, -0.2) is 46.3 Å². The van der Waals surface area contributed by atoms with E-state index in [0.29, 0.717) is 37.9 Å². The van der Waals surface area contributed by atoms with E-state index in [2.05, 4.69) is 11.8 Å². The molecule has 0 atom stereocenters. The lowest BCUT2D eigenvalue weighted by molar-refractivity contribution is -0.00202. The van der Waals surface area contributed by atoms with Crippen LogP contribution in [0.5, 0.6) is 0 Å². The first kappa shape index (κ1) is 15.6. The number of nitrogens with zero attached hydrogens (tertiary/aromatic N) is 1. The van der Waals surface area contributed by atoms with Crippen LogP contribution in [0.3, 0.4) is 0 Å². The van der Waals surface area contributed by atoms with Crippen LogP contribution >= 0.6 is 0 Å². The van der Waals surface area contributed by atoms with Gasteiger partial charge >= 0.3 is 0 Å². The third kappa shape index (κ3) is 4.32. The van der Waals surface area contributed by atoms with E-state index < -0.39 is 5.60 Å². The number of hydrogen-bond acceptors (Lipinski definition) is 3. The number of carbonyl (C=O) groups excluding carboxylic acids is 1. The summed E-state index contributed by atoms with van der Waals surface area (Å²) in [6.45, 7) is 3.00. The normalized spacial score (nSPS) is 17.0. The minimum atomic E-state index is -0.658. The van der Waals surface area contributed by atoms with Gasteiger partial charge in [-0.05, 0) is 38.0 Å². The van der Waals surface area contributed by atoms with Crippen LogP contribution < -0.4 is 0 Å². The average molecular weight is 287 g/mol. The Hall–Kier alpha value is -1.83. The molecule has 1 amide bonds. The fraction of sp³-hybridized carbons (Fsp3) is 0.471. The second-order valence-corrected chi connectivity index (χ2v) is 5.65. The Morgan fingerprint density at radius 3 is 2.76 bits per heavy atom. The summed E-state index contributed by atoms with van der Waals surface area (Å²) in [5, 5.41) is 18.6. The minimum absolute atomic E-state index is 0.0173. The van der Waals surface area contributed by atoms with Crippen LogP contribution in [0.25, 0.3) is 0 Å². The second kappa shape index (κ2) is 6.75. The van der Waals surface area contributed by atoms with Crippen molar-refractivity contribution in [3.8, 4) is 11.8 Å². The summed E-state index contributed by atoms with van der Waals surface area (Å²) in [7, 11) is 0. The maximum atomic E-state index is 12.4. The Bertz CT molecular complexity index is 559. The summed E-state index contributed by atoms with van der Waals surface area (Å²) in [6.07, 6.45) is 1.64. The van der Waals surface area contributed by atoms with Crippen molar-refractivity contribution in [2.24, 2.45) is 0 Å². The van der Waals surface area contributed by atoms with Crippen molar-refractivity contribution in [2.75, 3.05) is 19.7 Å². The molecule has 4 nitrogen and oxygen atoms in total. The number of carbonyl (C=O) groups is 1. The maximum Gasteiger partial charge on any atom is 0.253 e. The summed E-state index contributed by atoms with van der Waals surface area (Å²) < 4.78 is 0. The number of aliphatic hydroxyl groups is 2. The van der Waals surface area contributed by atoms with E-state index in [1.165, 1.54) is 0 Å². The van der Waals surface area contributed by atoms with Crippen LogP contribution in [0.4, 0.5) is 0 Å². The van der Waals surface area contributed by atoms with Crippen molar-refractivity contribution in [3.05, 3.63) is 35.4 Å². The first-order valence-corrected chi connectivity index (χ1v) is 7.23. The molecule has 2 N–H and O–H groups in total. The Labute approximate surface area is 125 Å². The smallest absolute Gasteiger partial charge is 0.253 e. The highest BCUT2D eigenvalue weighted by Gasteiger charge is 2.29. The average Bonchev–Trinajstić information content (AvgIpc) is 2.47. The van der Waals surface area contributed by atoms with Crippen LogP contribution in [-0.2, 0) is 0 Å². The number of amides is 1. The van der Waals surface area contributed by atoms with E-state index in [9.17, 15) is 9.90 Å². The van der Waals surface area contributed by atoms with Gasteiger partial charge in [-0.15, -0.1) is 0 Å². The molecule has 1 fully saturated rings. The number of benzene rings is 1. The van der Waals surface area contributed by atoms with E-state index in [0.717, 1.165) is 5.56 Å². The van der Waals surface area contributed by atoms with Gasteiger partial charge in [0.1, 0.15) is 0 Å². The van der Waals surface area contributed by atoms with Gasteiger partial charge < -0.3 is 15.1 Å². The van der Waals surface area contributed by atoms with Gasteiger partial charge in [0.25, 0.3) is 5.91 Å². The fourth-order valence-corrected chi connectivity index (χ4v) is 2.32. The quantitative estimate of drug-likeness (QED) is 0.809. The molecular weight excluding hydrogens is 266 g/mol. The highest BCUT2D eigenvalue weighted by atomic mass is 16.3. The van der Waals surface area contributed by atoms with E-state index in [4.69, 9.17) is 5.11 Å². The molecule has 0 aromatic heterocycles. The van der Waals surface area contributed by atoms with Crippen LogP contribution in [0.1, 0.15) is 42.1 Å². The van der Waals surface area contributed by atoms with Crippen molar-refractivity contribution in [2.45, 2.75) is 31.8 Å². The largest absolute Gasteiger partial charge is 0.395 e. The van der Waals surface area contributed by atoms with Gasteiger partial charge in [-0.1, -0.05) is 17.9 Å². The maximum absolute atomic E-state index is 12.4. The summed E-state index contributed by atoms with van der Waals surface area (Å²) in [4.78, 5) is 14.2. The van der Waals surface area contributed by atoms with Crippen molar-refractivity contribution in [1.29, 1.82) is 0 Å². The molecule has 0 spiro atoms. The number of piperidine rings is 1. The monoisotopic (exact) mass is 287 g/mol. The Morgan fingerprint density at radius 1 is 1.38 bits per heavy atom. The molecule has 4 heteroatoms. The summed E-state index contributed by atoms with van der Waals surface area (Å²) in [6, 6.07) is 7.23. The summed E-state index contributed by atoms with van der Waals surface area (Å²) in [5.41, 5.74) is 0.736. The van der Waals surface area contributed by atoms with Crippen molar-refractivity contribution in [3.63, 3.8) is 0 Å². The molecule has 0 unspecified atom stereocenters. The van der Waals surface area contributed by atoms with Gasteiger partial charge in [0, 0.05) is 30.6 Å². The van der Waals surface area contributed by atoms with Gasteiger partial charge in [-0.2, -0.15) is 0 Å². The predicted octanol–water partition coefficient (Wildman–Crippen LogP) is 1.41. The molecule has 0 saturated carbocycles. The summed E-state index contributed by atoms with van der Waals surface area (Å²) >= 11 is 0. The Balaban J connectivity index is 2.06. The Kier molecular flexibility index (Phi) is 5.00. The lowest BCUT2D eigenvalue weighted by Gasteiger charge is -2.35. The minimum Gasteiger partial charge on any atom is -0.395 e. The SMILES string of the molecule is CC1(O)CCN(C(=O)c2cccc(C#CCCO)c2)CC1. The molecule has 0 aliphatic carbocycles.